The Morgan fingerprint density at radius 3 is 2.56 bits per heavy atom. The van der Waals surface area contributed by atoms with Crippen LogP contribution in [0.1, 0.15) is 52.4 Å². The third-order valence-electron chi connectivity index (χ3n) is 4.04. The number of likely N-dealkylation sites (tertiary alicyclic amines) is 1. The van der Waals surface area contributed by atoms with E-state index in [-0.39, 0.29) is 17.7 Å². The second-order valence-electron chi connectivity index (χ2n) is 5.42. The van der Waals surface area contributed by atoms with Crippen LogP contribution in [0.2, 0.25) is 0 Å². The second-order valence-corrected chi connectivity index (χ2v) is 5.42. The summed E-state index contributed by atoms with van der Waals surface area (Å²) in [6.07, 6.45) is 6.33. The zero-order valence-electron chi connectivity index (χ0n) is 11.4. The van der Waals surface area contributed by atoms with Crippen LogP contribution in [0.5, 0.6) is 0 Å². The van der Waals surface area contributed by atoms with Crippen LogP contribution in [0.3, 0.4) is 0 Å². The lowest BCUT2D eigenvalue weighted by Gasteiger charge is -2.14. The molecule has 2 heterocycles. The second kappa shape index (κ2) is 5.83. The fourth-order valence-corrected chi connectivity index (χ4v) is 2.63. The maximum Gasteiger partial charge on any atom is 0.232 e. The first kappa shape index (κ1) is 13.5. The summed E-state index contributed by atoms with van der Waals surface area (Å²) >= 11 is 0. The maximum absolute atomic E-state index is 11.9. The van der Waals surface area contributed by atoms with Crippen LogP contribution < -0.4 is 0 Å². The van der Waals surface area contributed by atoms with Gasteiger partial charge in [-0.25, -0.2) is 0 Å². The topological polar surface area (TPSA) is 49.9 Å². The Bertz CT molecular complexity index is 329. The van der Waals surface area contributed by atoms with Crippen molar-refractivity contribution in [2.45, 2.75) is 64.6 Å². The van der Waals surface area contributed by atoms with E-state index in [1.807, 2.05) is 6.92 Å². The summed E-state index contributed by atoms with van der Waals surface area (Å²) in [6.45, 7) is 4.67. The van der Waals surface area contributed by atoms with E-state index in [1.165, 1.54) is 4.90 Å². The summed E-state index contributed by atoms with van der Waals surface area (Å²) in [4.78, 5) is 25.0. The van der Waals surface area contributed by atoms with Crippen LogP contribution in [0.4, 0.5) is 0 Å². The third kappa shape index (κ3) is 3.10. The molecule has 4 heteroatoms. The fraction of sp³-hybridized carbons (Fsp3) is 0.857. The van der Waals surface area contributed by atoms with E-state index in [1.54, 1.807) is 0 Å². The van der Waals surface area contributed by atoms with Crippen molar-refractivity contribution in [2.24, 2.45) is 5.92 Å². The normalized spacial score (nSPS) is 31.2. The Labute approximate surface area is 109 Å². The van der Waals surface area contributed by atoms with Crippen LogP contribution in [0.15, 0.2) is 0 Å². The number of unbranched alkanes of at least 4 members (excludes halogenated alkanes) is 2. The largest absolute Gasteiger partial charge is 0.370 e. The molecule has 3 unspecified atom stereocenters. The summed E-state index contributed by atoms with van der Waals surface area (Å²) in [5.74, 6) is 0.00543. The van der Waals surface area contributed by atoms with E-state index in [0.717, 1.165) is 32.1 Å². The zero-order chi connectivity index (χ0) is 13.1. The first-order valence-corrected chi connectivity index (χ1v) is 7.13. The molecule has 2 fully saturated rings. The number of hydrogen-bond donors (Lipinski definition) is 0. The van der Waals surface area contributed by atoms with E-state index >= 15 is 0 Å². The van der Waals surface area contributed by atoms with Crippen molar-refractivity contribution in [2.75, 3.05) is 6.54 Å². The van der Waals surface area contributed by atoms with E-state index in [2.05, 4.69) is 6.92 Å². The summed E-state index contributed by atoms with van der Waals surface area (Å²) in [5.41, 5.74) is 0. The molecule has 0 aromatic carbocycles. The van der Waals surface area contributed by atoms with Gasteiger partial charge in [-0.05, 0) is 26.2 Å². The number of amides is 2. The summed E-state index contributed by atoms with van der Waals surface area (Å²) in [6, 6.07) is 0. The van der Waals surface area contributed by atoms with Gasteiger partial charge in [0.2, 0.25) is 11.8 Å². The molecule has 0 aromatic heterocycles. The van der Waals surface area contributed by atoms with Gasteiger partial charge in [-0.1, -0.05) is 19.8 Å². The number of carbonyl (C=O) groups excluding carboxylic acids is 2. The Morgan fingerprint density at radius 1 is 1.28 bits per heavy atom. The minimum Gasteiger partial charge on any atom is -0.370 e. The smallest absolute Gasteiger partial charge is 0.232 e. The summed E-state index contributed by atoms with van der Waals surface area (Å²) in [7, 11) is 0. The molecule has 102 valence electrons. The number of carbonyl (C=O) groups is 2. The Morgan fingerprint density at radius 2 is 2.00 bits per heavy atom. The van der Waals surface area contributed by atoms with E-state index in [4.69, 9.17) is 4.74 Å². The highest BCUT2D eigenvalue weighted by atomic mass is 16.6. The van der Waals surface area contributed by atoms with Gasteiger partial charge in [0.25, 0.3) is 0 Å². The number of epoxide rings is 1. The molecular weight excluding hydrogens is 230 g/mol. The SMILES string of the molecule is CCC1CC(=O)N(CCCCCC2OC2C)C1=O. The van der Waals surface area contributed by atoms with Gasteiger partial charge in [0.05, 0.1) is 12.2 Å². The highest BCUT2D eigenvalue weighted by Crippen LogP contribution is 2.27. The lowest BCUT2D eigenvalue weighted by Crippen LogP contribution is -2.31. The van der Waals surface area contributed by atoms with Gasteiger partial charge >= 0.3 is 0 Å². The van der Waals surface area contributed by atoms with Gasteiger partial charge in [0.1, 0.15) is 0 Å². The minimum atomic E-state index is -0.0572. The van der Waals surface area contributed by atoms with Crippen LogP contribution in [-0.2, 0) is 14.3 Å². The van der Waals surface area contributed by atoms with Crippen molar-refractivity contribution >= 4 is 11.8 Å². The molecule has 4 nitrogen and oxygen atoms in total. The molecule has 2 aliphatic heterocycles. The molecule has 0 aliphatic carbocycles. The molecule has 2 amide bonds. The highest BCUT2D eigenvalue weighted by molar-refractivity contribution is 6.03. The molecule has 0 N–H and O–H groups in total. The molecular formula is C14H23NO3. The number of imide groups is 1. The van der Waals surface area contributed by atoms with Gasteiger partial charge < -0.3 is 4.74 Å². The number of nitrogens with zero attached hydrogens (tertiary/aromatic N) is 1. The Hall–Kier alpha value is -0.900. The average molecular weight is 253 g/mol. The predicted molar refractivity (Wildman–Crippen MR) is 67.9 cm³/mol. The van der Waals surface area contributed by atoms with E-state index in [0.29, 0.717) is 25.2 Å². The van der Waals surface area contributed by atoms with Gasteiger partial charge in [-0.3, -0.25) is 14.5 Å². The van der Waals surface area contributed by atoms with Gasteiger partial charge in [-0.2, -0.15) is 0 Å². The van der Waals surface area contributed by atoms with E-state index in [9.17, 15) is 9.59 Å². The average Bonchev–Trinajstić information content (AvgIpc) is 2.98. The number of hydrogen-bond acceptors (Lipinski definition) is 3. The van der Waals surface area contributed by atoms with Crippen molar-refractivity contribution in [3.05, 3.63) is 0 Å². The van der Waals surface area contributed by atoms with Crippen LogP contribution in [0, 0.1) is 5.92 Å². The van der Waals surface area contributed by atoms with Crippen LogP contribution in [0.25, 0.3) is 0 Å². The molecule has 3 atom stereocenters. The fourth-order valence-electron chi connectivity index (χ4n) is 2.63. The van der Waals surface area contributed by atoms with Gasteiger partial charge in [-0.15, -0.1) is 0 Å². The quantitative estimate of drug-likeness (QED) is 0.397. The molecule has 2 saturated heterocycles. The van der Waals surface area contributed by atoms with Gasteiger partial charge in [0.15, 0.2) is 0 Å². The minimum absolute atomic E-state index is 0.0194. The monoisotopic (exact) mass is 253 g/mol. The first-order chi connectivity index (χ1) is 8.63. The van der Waals surface area contributed by atoms with Crippen LogP contribution >= 0.6 is 0 Å². The molecule has 0 spiro atoms. The van der Waals surface area contributed by atoms with Crippen LogP contribution in [-0.4, -0.2) is 35.5 Å². The van der Waals surface area contributed by atoms with Crippen molar-refractivity contribution in [3.63, 3.8) is 0 Å². The molecule has 0 aromatic rings. The number of ether oxygens (including phenoxy) is 1. The third-order valence-corrected chi connectivity index (χ3v) is 4.04. The summed E-state index contributed by atoms with van der Waals surface area (Å²) < 4.78 is 5.34. The number of rotatable bonds is 7. The van der Waals surface area contributed by atoms with Crippen molar-refractivity contribution in [1.29, 1.82) is 0 Å². The molecule has 0 radical (unpaired) electrons. The summed E-state index contributed by atoms with van der Waals surface area (Å²) in [5, 5.41) is 0. The lowest BCUT2D eigenvalue weighted by atomic mass is 10.1. The maximum atomic E-state index is 11.9. The van der Waals surface area contributed by atoms with E-state index < -0.39 is 0 Å². The Balaban J connectivity index is 1.61. The van der Waals surface area contributed by atoms with Crippen molar-refractivity contribution in [1.82, 2.24) is 4.90 Å². The molecule has 2 rings (SSSR count). The van der Waals surface area contributed by atoms with Crippen molar-refractivity contribution in [3.8, 4) is 0 Å². The molecule has 0 saturated carbocycles. The molecule has 2 aliphatic rings. The van der Waals surface area contributed by atoms with Crippen molar-refractivity contribution < 1.29 is 14.3 Å². The molecule has 18 heavy (non-hydrogen) atoms. The Kier molecular flexibility index (Phi) is 4.38. The predicted octanol–water partition coefficient (Wildman–Crippen LogP) is 2.12. The van der Waals surface area contributed by atoms with Gasteiger partial charge in [0, 0.05) is 18.9 Å². The highest BCUT2D eigenvalue weighted by Gasteiger charge is 2.36. The zero-order valence-corrected chi connectivity index (χ0v) is 11.4. The molecule has 0 bridgehead atoms. The standard InChI is InChI=1S/C14H23NO3/c1-3-11-9-13(16)15(14(11)17)8-6-4-5-7-12-10(2)18-12/h10-12H,3-9H2,1-2H3. The lowest BCUT2D eigenvalue weighted by molar-refractivity contribution is -0.139. The first-order valence-electron chi connectivity index (χ1n) is 7.13.